The molecule has 1 heterocycles. The van der Waals surface area contributed by atoms with Crippen molar-refractivity contribution in [3.8, 4) is 11.8 Å². The van der Waals surface area contributed by atoms with Crippen molar-refractivity contribution in [2.75, 3.05) is 18.2 Å². The molecule has 0 saturated heterocycles. The van der Waals surface area contributed by atoms with E-state index < -0.39 is 11.7 Å². The van der Waals surface area contributed by atoms with Crippen LogP contribution in [-0.4, -0.2) is 22.8 Å². The number of carbonyl (C=O) groups excluding carboxylic acids is 1. The average Bonchev–Trinajstić information content (AvgIpc) is 3.40. The Morgan fingerprint density at radius 2 is 2.06 bits per heavy atom. The standard InChI is InChI=1S/C24H23ClFN5O2/c1-31-23(28)21(24(32)29-16-6-8-19(26)18(25)11-16)22(30-31)15-5-4-14(10-15)17-7-3-13(12-27)9-20(17)33-2/h3,6-9,11,14-15H,4-5,10,28H2,1-2H3,(H,29,32). The second-order valence-electron chi connectivity index (χ2n) is 8.13. The second kappa shape index (κ2) is 9.12. The number of carbonyl (C=O) groups is 1. The lowest BCUT2D eigenvalue weighted by molar-refractivity contribution is 0.102. The van der Waals surface area contributed by atoms with E-state index in [2.05, 4.69) is 16.5 Å². The van der Waals surface area contributed by atoms with Gasteiger partial charge in [0, 0.05) is 18.7 Å². The van der Waals surface area contributed by atoms with E-state index in [0.717, 1.165) is 24.8 Å². The summed E-state index contributed by atoms with van der Waals surface area (Å²) in [6.45, 7) is 0. The number of nitrogens with one attached hydrogen (secondary N) is 1. The van der Waals surface area contributed by atoms with E-state index >= 15 is 0 Å². The minimum absolute atomic E-state index is 0.0244. The molecule has 1 amide bonds. The highest BCUT2D eigenvalue weighted by atomic mass is 35.5. The number of rotatable bonds is 5. The van der Waals surface area contributed by atoms with Crippen molar-refractivity contribution in [2.45, 2.75) is 31.1 Å². The fraction of sp³-hybridized carbons (Fsp3) is 0.292. The Bertz CT molecular complexity index is 1270. The Balaban J connectivity index is 1.59. The van der Waals surface area contributed by atoms with Crippen LogP contribution < -0.4 is 15.8 Å². The van der Waals surface area contributed by atoms with Crippen molar-refractivity contribution >= 4 is 29.0 Å². The molecule has 4 rings (SSSR count). The number of hydrogen-bond donors (Lipinski definition) is 2. The lowest BCUT2D eigenvalue weighted by atomic mass is 9.92. The first-order valence-electron chi connectivity index (χ1n) is 10.5. The molecule has 0 bridgehead atoms. The summed E-state index contributed by atoms with van der Waals surface area (Å²) in [4.78, 5) is 13.1. The quantitative estimate of drug-likeness (QED) is 0.550. The summed E-state index contributed by atoms with van der Waals surface area (Å²) in [5.74, 6) is 0.190. The maximum absolute atomic E-state index is 13.5. The zero-order valence-corrected chi connectivity index (χ0v) is 19.0. The van der Waals surface area contributed by atoms with Crippen LogP contribution in [0.1, 0.15) is 58.3 Å². The molecule has 3 N–H and O–H groups in total. The van der Waals surface area contributed by atoms with Crippen molar-refractivity contribution in [1.29, 1.82) is 5.26 Å². The number of nitrogens with two attached hydrogens (primary N) is 1. The Labute approximate surface area is 195 Å². The van der Waals surface area contributed by atoms with Crippen LogP contribution in [0.5, 0.6) is 5.75 Å². The van der Waals surface area contributed by atoms with Gasteiger partial charge in [0.2, 0.25) is 0 Å². The molecule has 2 aromatic carbocycles. The fourth-order valence-corrected chi connectivity index (χ4v) is 4.66. The molecule has 33 heavy (non-hydrogen) atoms. The highest BCUT2D eigenvalue weighted by Gasteiger charge is 2.34. The summed E-state index contributed by atoms with van der Waals surface area (Å²) in [6, 6.07) is 11.6. The summed E-state index contributed by atoms with van der Waals surface area (Å²) >= 11 is 5.84. The molecule has 2 atom stereocenters. The molecule has 1 saturated carbocycles. The first-order valence-corrected chi connectivity index (χ1v) is 10.9. The van der Waals surface area contributed by atoms with Gasteiger partial charge < -0.3 is 15.8 Å². The van der Waals surface area contributed by atoms with Crippen molar-refractivity contribution in [3.63, 3.8) is 0 Å². The van der Waals surface area contributed by atoms with E-state index in [1.54, 1.807) is 26.3 Å². The first kappa shape index (κ1) is 22.6. The number of halogens is 2. The third kappa shape index (κ3) is 4.37. The van der Waals surface area contributed by atoms with Gasteiger partial charge >= 0.3 is 0 Å². The van der Waals surface area contributed by atoms with Gasteiger partial charge in [0.05, 0.1) is 29.5 Å². The maximum atomic E-state index is 13.5. The van der Waals surface area contributed by atoms with E-state index in [4.69, 9.17) is 27.3 Å². The van der Waals surface area contributed by atoms with Gasteiger partial charge in [-0.2, -0.15) is 10.4 Å². The average molecular weight is 468 g/mol. The van der Waals surface area contributed by atoms with Gasteiger partial charge in [-0.15, -0.1) is 0 Å². The van der Waals surface area contributed by atoms with Crippen LogP contribution in [0, 0.1) is 17.1 Å². The number of aryl methyl sites for hydroxylation is 1. The molecule has 0 radical (unpaired) electrons. The molecule has 0 spiro atoms. The third-order valence-corrected chi connectivity index (χ3v) is 6.43. The van der Waals surface area contributed by atoms with Crippen LogP contribution in [-0.2, 0) is 7.05 Å². The number of nitrogen functional groups attached to an aromatic ring is 1. The van der Waals surface area contributed by atoms with E-state index in [1.165, 1.54) is 22.9 Å². The number of ether oxygens (including phenoxy) is 1. The van der Waals surface area contributed by atoms with Gasteiger partial charge in [-0.25, -0.2) is 4.39 Å². The van der Waals surface area contributed by atoms with Crippen LogP contribution in [0.4, 0.5) is 15.9 Å². The number of nitrogens with zero attached hydrogens (tertiary/aromatic N) is 3. The maximum Gasteiger partial charge on any atom is 0.261 e. The Hall–Kier alpha value is -3.57. The van der Waals surface area contributed by atoms with E-state index in [-0.39, 0.29) is 22.7 Å². The van der Waals surface area contributed by atoms with Crippen LogP contribution in [0.25, 0.3) is 0 Å². The van der Waals surface area contributed by atoms with Gasteiger partial charge in [-0.05, 0) is 61.1 Å². The third-order valence-electron chi connectivity index (χ3n) is 6.14. The largest absolute Gasteiger partial charge is 0.496 e. The van der Waals surface area contributed by atoms with Crippen LogP contribution in [0.15, 0.2) is 36.4 Å². The van der Waals surface area contributed by atoms with E-state index in [9.17, 15) is 9.18 Å². The Kier molecular flexibility index (Phi) is 6.25. The summed E-state index contributed by atoms with van der Waals surface area (Å²) in [5.41, 5.74) is 9.10. The van der Waals surface area contributed by atoms with Crippen molar-refractivity contribution in [1.82, 2.24) is 9.78 Å². The monoisotopic (exact) mass is 467 g/mol. The molecule has 3 aromatic rings. The zero-order valence-electron chi connectivity index (χ0n) is 18.2. The van der Waals surface area contributed by atoms with Crippen LogP contribution in [0.2, 0.25) is 5.02 Å². The summed E-state index contributed by atoms with van der Waals surface area (Å²) in [6.07, 6.45) is 2.48. The number of aromatic nitrogens is 2. The van der Waals surface area contributed by atoms with Gasteiger partial charge in [0.15, 0.2) is 0 Å². The molecule has 7 nitrogen and oxygen atoms in total. The lowest BCUT2D eigenvalue weighted by Crippen LogP contribution is -2.16. The van der Waals surface area contributed by atoms with Crippen molar-refractivity contribution < 1.29 is 13.9 Å². The number of anilines is 2. The molecule has 1 aliphatic rings. The Morgan fingerprint density at radius 1 is 1.30 bits per heavy atom. The van der Waals surface area contributed by atoms with Gasteiger partial charge in [-0.3, -0.25) is 9.48 Å². The van der Waals surface area contributed by atoms with Gasteiger partial charge in [-0.1, -0.05) is 17.7 Å². The van der Waals surface area contributed by atoms with E-state index in [1.807, 2.05) is 6.07 Å². The molecule has 1 fully saturated rings. The van der Waals surface area contributed by atoms with Crippen LogP contribution in [0.3, 0.4) is 0 Å². The number of benzene rings is 2. The Morgan fingerprint density at radius 3 is 2.76 bits per heavy atom. The summed E-state index contributed by atoms with van der Waals surface area (Å²) in [7, 11) is 3.29. The predicted octanol–water partition coefficient (Wildman–Crippen LogP) is 4.98. The molecule has 2 unspecified atom stereocenters. The van der Waals surface area contributed by atoms with Gasteiger partial charge in [0.1, 0.15) is 22.9 Å². The first-order chi connectivity index (χ1) is 15.8. The summed E-state index contributed by atoms with van der Waals surface area (Å²) < 4.78 is 20.5. The van der Waals surface area contributed by atoms with Crippen molar-refractivity contribution in [2.24, 2.45) is 7.05 Å². The minimum Gasteiger partial charge on any atom is -0.496 e. The molecular formula is C24H23ClFN5O2. The number of hydrogen-bond acceptors (Lipinski definition) is 5. The zero-order chi connectivity index (χ0) is 23.7. The van der Waals surface area contributed by atoms with Gasteiger partial charge in [0.25, 0.3) is 5.91 Å². The molecule has 170 valence electrons. The molecule has 9 heteroatoms. The minimum atomic E-state index is -0.563. The SMILES string of the molecule is COc1cc(C#N)ccc1C1CCC(c2nn(C)c(N)c2C(=O)Nc2ccc(F)c(Cl)c2)C1. The lowest BCUT2D eigenvalue weighted by Gasteiger charge is -2.15. The van der Waals surface area contributed by atoms with E-state index in [0.29, 0.717) is 28.3 Å². The highest BCUT2D eigenvalue weighted by molar-refractivity contribution is 6.31. The predicted molar refractivity (Wildman–Crippen MR) is 124 cm³/mol. The molecule has 1 aromatic heterocycles. The van der Waals surface area contributed by atoms with Crippen LogP contribution >= 0.6 is 11.6 Å². The smallest absolute Gasteiger partial charge is 0.261 e. The molecule has 1 aliphatic carbocycles. The molecule has 0 aliphatic heterocycles. The highest BCUT2D eigenvalue weighted by Crippen LogP contribution is 2.47. The normalized spacial score (nSPS) is 17.5. The van der Waals surface area contributed by atoms with Crippen molar-refractivity contribution in [3.05, 3.63) is 69.6 Å². The number of methoxy groups -OCH3 is 1. The fourth-order valence-electron chi connectivity index (χ4n) is 4.47. The molecular weight excluding hydrogens is 445 g/mol. The second-order valence-corrected chi connectivity index (χ2v) is 8.53. The number of amides is 1. The summed E-state index contributed by atoms with van der Waals surface area (Å²) in [5, 5.41) is 16.4. The number of nitriles is 1. The topological polar surface area (TPSA) is 106 Å².